The summed E-state index contributed by atoms with van der Waals surface area (Å²) in [6.07, 6.45) is 3.59. The van der Waals surface area contributed by atoms with Crippen molar-refractivity contribution in [2.45, 2.75) is 44.6 Å². The second-order valence-corrected chi connectivity index (χ2v) is 4.41. The van der Waals surface area contributed by atoms with E-state index in [1.807, 2.05) is 6.92 Å². The second kappa shape index (κ2) is 5.27. The highest BCUT2D eigenvalue weighted by Gasteiger charge is 2.28. The van der Waals surface area contributed by atoms with Crippen LogP contribution in [-0.2, 0) is 0 Å². The minimum absolute atomic E-state index is 0.0182. The number of aromatic nitrogens is 3. The first-order chi connectivity index (χ1) is 8.24. The van der Waals surface area contributed by atoms with Crippen LogP contribution in [-0.4, -0.2) is 38.8 Å². The number of aliphatic hydroxyl groups is 1. The zero-order chi connectivity index (χ0) is 12.3. The second-order valence-electron chi connectivity index (χ2n) is 4.41. The van der Waals surface area contributed by atoms with Crippen LogP contribution in [0.25, 0.3) is 0 Å². The fourth-order valence-electron chi connectivity index (χ4n) is 1.70. The molecule has 17 heavy (non-hydrogen) atoms. The monoisotopic (exact) mass is 238 g/mol. The Hall–Kier alpha value is -1.43. The molecule has 0 aliphatic heterocycles. The van der Waals surface area contributed by atoms with E-state index in [0.29, 0.717) is 12.3 Å². The zero-order valence-electron chi connectivity index (χ0n) is 9.94. The normalized spacial score (nSPS) is 16.8. The van der Waals surface area contributed by atoms with Crippen molar-refractivity contribution in [3.8, 4) is 0 Å². The third-order valence-electron chi connectivity index (χ3n) is 2.98. The van der Waals surface area contributed by atoms with E-state index in [4.69, 9.17) is 5.11 Å². The lowest BCUT2D eigenvalue weighted by molar-refractivity contribution is 0.0919. The van der Waals surface area contributed by atoms with Gasteiger partial charge in [0.2, 0.25) is 5.82 Å². The average Bonchev–Trinajstić information content (AvgIpc) is 3.06. The number of nitrogens with zero attached hydrogens (tertiary/aromatic N) is 2. The number of nitrogens with one attached hydrogen (secondary N) is 2. The molecule has 0 spiro atoms. The molecule has 1 atom stereocenters. The molecule has 0 aromatic carbocycles. The predicted molar refractivity (Wildman–Crippen MR) is 61.6 cm³/mol. The topological polar surface area (TPSA) is 90.9 Å². The molecular formula is C11H18N4O2. The molecule has 0 bridgehead atoms. The third-order valence-corrected chi connectivity index (χ3v) is 2.98. The lowest BCUT2D eigenvalue weighted by Crippen LogP contribution is -2.35. The molecule has 6 nitrogen and oxygen atoms in total. The van der Waals surface area contributed by atoms with Crippen molar-refractivity contribution in [2.24, 2.45) is 0 Å². The molecule has 94 valence electrons. The maximum Gasteiger partial charge on any atom is 0.291 e. The number of amides is 1. The maximum absolute atomic E-state index is 11.8. The molecule has 1 fully saturated rings. The van der Waals surface area contributed by atoms with E-state index >= 15 is 0 Å². The third kappa shape index (κ3) is 3.03. The van der Waals surface area contributed by atoms with Crippen molar-refractivity contribution >= 4 is 5.91 Å². The summed E-state index contributed by atoms with van der Waals surface area (Å²) < 4.78 is 0. The van der Waals surface area contributed by atoms with Crippen molar-refractivity contribution in [1.82, 2.24) is 20.5 Å². The van der Waals surface area contributed by atoms with Crippen molar-refractivity contribution < 1.29 is 9.90 Å². The molecule has 1 aromatic rings. The van der Waals surface area contributed by atoms with Crippen LogP contribution in [0.1, 0.15) is 55.0 Å². The summed E-state index contributed by atoms with van der Waals surface area (Å²) in [5, 5.41) is 18.4. The lowest BCUT2D eigenvalue weighted by Gasteiger charge is -2.13. The Labute approximate surface area is 99.8 Å². The van der Waals surface area contributed by atoms with E-state index in [0.717, 1.165) is 25.1 Å². The van der Waals surface area contributed by atoms with E-state index in [-0.39, 0.29) is 24.4 Å². The van der Waals surface area contributed by atoms with Crippen molar-refractivity contribution in [3.05, 3.63) is 11.6 Å². The summed E-state index contributed by atoms with van der Waals surface area (Å²) in [4.78, 5) is 16.0. The quantitative estimate of drug-likeness (QED) is 0.676. The van der Waals surface area contributed by atoms with Crippen molar-refractivity contribution in [3.63, 3.8) is 0 Å². The van der Waals surface area contributed by atoms with Crippen LogP contribution >= 0.6 is 0 Å². The van der Waals surface area contributed by atoms with Crippen molar-refractivity contribution in [2.75, 3.05) is 6.61 Å². The predicted octanol–water partition coefficient (Wildman–Crippen LogP) is 0.573. The van der Waals surface area contributed by atoms with Gasteiger partial charge >= 0.3 is 0 Å². The van der Waals surface area contributed by atoms with Gasteiger partial charge in [0, 0.05) is 18.6 Å². The Morgan fingerprint density at radius 2 is 2.41 bits per heavy atom. The molecule has 0 saturated heterocycles. The molecule has 1 aliphatic carbocycles. The lowest BCUT2D eigenvalue weighted by atomic mass is 10.1. The number of hydrogen-bond acceptors (Lipinski definition) is 4. The maximum atomic E-state index is 11.8. The van der Waals surface area contributed by atoms with E-state index in [1.165, 1.54) is 0 Å². The van der Waals surface area contributed by atoms with Crippen LogP contribution < -0.4 is 5.32 Å². The molecule has 3 N–H and O–H groups in total. The van der Waals surface area contributed by atoms with E-state index in [2.05, 4.69) is 20.5 Å². The minimum atomic E-state index is -0.270. The molecule has 1 unspecified atom stereocenters. The Kier molecular flexibility index (Phi) is 3.73. The smallest absolute Gasteiger partial charge is 0.291 e. The average molecular weight is 238 g/mol. The number of carbonyl (C=O) groups is 1. The Balaban J connectivity index is 1.93. The standard InChI is InChI=1S/C11H18N4O2/c1-2-8(5-6-16)12-11(17)10-13-9(14-15-10)7-3-4-7/h7-8,16H,2-6H2,1H3,(H,12,17)(H,13,14,15). The number of aliphatic hydroxyl groups excluding tert-OH is 1. The van der Waals surface area contributed by atoms with E-state index in [1.54, 1.807) is 0 Å². The first-order valence-electron chi connectivity index (χ1n) is 6.08. The van der Waals surface area contributed by atoms with Crippen LogP contribution in [0.4, 0.5) is 0 Å². The van der Waals surface area contributed by atoms with E-state index in [9.17, 15) is 4.79 Å². The fourth-order valence-corrected chi connectivity index (χ4v) is 1.70. The minimum Gasteiger partial charge on any atom is -0.396 e. The number of carbonyl (C=O) groups excluding carboxylic acids is 1. The highest BCUT2D eigenvalue weighted by molar-refractivity contribution is 5.90. The molecule has 1 amide bonds. The molecule has 1 aliphatic rings. The molecule has 1 heterocycles. The number of hydrogen-bond donors (Lipinski definition) is 3. The number of H-pyrrole nitrogens is 1. The fraction of sp³-hybridized carbons (Fsp3) is 0.727. The summed E-state index contributed by atoms with van der Waals surface area (Å²) in [7, 11) is 0. The van der Waals surface area contributed by atoms with Gasteiger partial charge in [-0.25, -0.2) is 4.98 Å². The van der Waals surface area contributed by atoms with Gasteiger partial charge in [0.1, 0.15) is 5.82 Å². The molecule has 0 radical (unpaired) electrons. The van der Waals surface area contributed by atoms with Crippen molar-refractivity contribution in [1.29, 1.82) is 0 Å². The van der Waals surface area contributed by atoms with Crippen LogP contribution in [0, 0.1) is 0 Å². The SMILES string of the molecule is CCC(CCO)NC(=O)c1n[nH]c(C2CC2)n1. The van der Waals surface area contributed by atoms with Gasteiger partial charge in [-0.1, -0.05) is 6.92 Å². The highest BCUT2D eigenvalue weighted by Crippen LogP contribution is 2.37. The van der Waals surface area contributed by atoms with Crippen LogP contribution in [0.5, 0.6) is 0 Å². The van der Waals surface area contributed by atoms with Gasteiger partial charge in [0.25, 0.3) is 5.91 Å². The zero-order valence-corrected chi connectivity index (χ0v) is 9.94. The van der Waals surface area contributed by atoms with E-state index < -0.39 is 0 Å². The Morgan fingerprint density at radius 3 is 3.00 bits per heavy atom. The van der Waals surface area contributed by atoms with Crippen LogP contribution in [0.15, 0.2) is 0 Å². The van der Waals surface area contributed by atoms with Gasteiger partial charge in [-0.2, -0.15) is 0 Å². The Bertz CT molecular complexity index is 387. The van der Waals surface area contributed by atoms with Gasteiger partial charge in [0.05, 0.1) is 0 Å². The highest BCUT2D eigenvalue weighted by atomic mass is 16.3. The Morgan fingerprint density at radius 1 is 1.65 bits per heavy atom. The van der Waals surface area contributed by atoms with Crippen LogP contribution in [0.2, 0.25) is 0 Å². The number of aromatic amines is 1. The first-order valence-corrected chi connectivity index (χ1v) is 6.08. The van der Waals surface area contributed by atoms with Crippen LogP contribution in [0.3, 0.4) is 0 Å². The van der Waals surface area contributed by atoms with Gasteiger partial charge in [0.15, 0.2) is 0 Å². The molecule has 1 aromatic heterocycles. The summed E-state index contributed by atoms with van der Waals surface area (Å²) in [6, 6.07) is -0.0182. The van der Waals surface area contributed by atoms with Gasteiger partial charge in [-0.05, 0) is 25.7 Å². The van der Waals surface area contributed by atoms with Gasteiger partial charge in [-0.15, -0.1) is 5.10 Å². The largest absolute Gasteiger partial charge is 0.396 e. The molecule has 6 heteroatoms. The summed E-state index contributed by atoms with van der Waals surface area (Å²) in [5.74, 6) is 1.20. The summed E-state index contributed by atoms with van der Waals surface area (Å²) >= 11 is 0. The summed E-state index contributed by atoms with van der Waals surface area (Å²) in [5.41, 5.74) is 0. The molecular weight excluding hydrogens is 220 g/mol. The van der Waals surface area contributed by atoms with Gasteiger partial charge < -0.3 is 10.4 Å². The number of rotatable bonds is 6. The molecule has 1 saturated carbocycles. The first kappa shape index (κ1) is 12.0. The van der Waals surface area contributed by atoms with Gasteiger partial charge in [-0.3, -0.25) is 9.89 Å². The molecule has 2 rings (SSSR count). The summed E-state index contributed by atoms with van der Waals surface area (Å²) in [6.45, 7) is 2.04.